The summed E-state index contributed by atoms with van der Waals surface area (Å²) in [5, 5.41) is -1.65. The van der Waals surface area contributed by atoms with Crippen molar-refractivity contribution in [2.24, 2.45) is 0 Å². The van der Waals surface area contributed by atoms with E-state index in [0.29, 0.717) is 0 Å². The second kappa shape index (κ2) is 4.17. The molecule has 0 aromatic rings. The molecule has 7 nitrogen and oxygen atoms in total. The van der Waals surface area contributed by atoms with Crippen LogP contribution in [-0.2, 0) is 25.0 Å². The molecule has 0 saturated carbocycles. The van der Waals surface area contributed by atoms with Gasteiger partial charge in [-0.25, -0.2) is 0 Å². The topological polar surface area (TPSA) is 126 Å². The standard InChI is InChI=1S/C5H8O7S2/c1-4(2-3-13(7,8)9)5(6)14(10,11)12/h1-3H2,(H,7,8,9)(H,10,11,12). The summed E-state index contributed by atoms with van der Waals surface area (Å²) in [5.74, 6) is -0.826. The van der Waals surface area contributed by atoms with Crippen LogP contribution in [0.3, 0.4) is 0 Å². The van der Waals surface area contributed by atoms with Crippen molar-refractivity contribution in [1.82, 2.24) is 0 Å². The Kier molecular flexibility index (Phi) is 3.94. The summed E-state index contributed by atoms with van der Waals surface area (Å²) in [4.78, 5) is 10.7. The highest BCUT2D eigenvalue weighted by Crippen LogP contribution is 2.05. The van der Waals surface area contributed by atoms with Gasteiger partial charge >= 0.3 is 10.1 Å². The smallest absolute Gasteiger partial charge is 0.286 e. The van der Waals surface area contributed by atoms with Crippen molar-refractivity contribution in [3.63, 3.8) is 0 Å². The number of hydrogen-bond donors (Lipinski definition) is 2. The van der Waals surface area contributed by atoms with Gasteiger partial charge in [-0.3, -0.25) is 13.9 Å². The van der Waals surface area contributed by atoms with Crippen LogP contribution < -0.4 is 0 Å². The van der Waals surface area contributed by atoms with Gasteiger partial charge in [0.2, 0.25) is 0 Å². The fraction of sp³-hybridized carbons (Fsp3) is 0.400. The first-order valence-corrected chi connectivity index (χ1v) is 6.24. The largest absolute Gasteiger partial charge is 0.333 e. The molecule has 0 heterocycles. The van der Waals surface area contributed by atoms with E-state index in [9.17, 15) is 21.6 Å². The van der Waals surface area contributed by atoms with Gasteiger partial charge in [0.15, 0.2) is 0 Å². The van der Waals surface area contributed by atoms with Crippen molar-refractivity contribution in [3.8, 4) is 0 Å². The number of carbonyl (C=O) groups is 1. The fourth-order valence-corrected chi connectivity index (χ4v) is 1.51. The third-order valence-electron chi connectivity index (χ3n) is 1.18. The molecule has 0 aliphatic carbocycles. The first-order chi connectivity index (χ1) is 6.04. The predicted octanol–water partition coefficient (Wildman–Crippen LogP) is -0.765. The van der Waals surface area contributed by atoms with Gasteiger partial charge in [0.05, 0.1) is 5.75 Å². The van der Waals surface area contributed by atoms with Gasteiger partial charge in [-0.05, 0) is 6.42 Å². The molecule has 0 spiro atoms. The van der Waals surface area contributed by atoms with Crippen LogP contribution in [0.5, 0.6) is 0 Å². The van der Waals surface area contributed by atoms with Crippen LogP contribution in [0.25, 0.3) is 0 Å². The lowest BCUT2D eigenvalue weighted by atomic mass is 10.3. The van der Waals surface area contributed by atoms with E-state index in [-0.39, 0.29) is 0 Å². The molecule has 0 aromatic heterocycles. The molecule has 14 heavy (non-hydrogen) atoms. The molecule has 2 N–H and O–H groups in total. The molecule has 0 aliphatic rings. The van der Waals surface area contributed by atoms with Crippen molar-refractivity contribution in [2.75, 3.05) is 5.75 Å². The zero-order valence-electron chi connectivity index (χ0n) is 6.87. The van der Waals surface area contributed by atoms with E-state index in [1.807, 2.05) is 0 Å². The maximum atomic E-state index is 10.7. The lowest BCUT2D eigenvalue weighted by molar-refractivity contribution is -0.109. The molecule has 0 radical (unpaired) electrons. The van der Waals surface area contributed by atoms with Gasteiger partial charge in [-0.1, -0.05) is 6.58 Å². The van der Waals surface area contributed by atoms with Crippen LogP contribution in [0.2, 0.25) is 0 Å². The Bertz CT molecular complexity index is 440. The van der Waals surface area contributed by atoms with Crippen LogP contribution in [0.1, 0.15) is 6.42 Å². The molecule has 82 valence electrons. The number of rotatable bonds is 4. The second-order valence-corrected chi connectivity index (χ2v) is 5.30. The Morgan fingerprint density at radius 3 is 1.86 bits per heavy atom. The first kappa shape index (κ1) is 13.2. The zero-order chi connectivity index (χ0) is 11.6. The minimum Gasteiger partial charge on any atom is -0.286 e. The van der Waals surface area contributed by atoms with Crippen molar-refractivity contribution in [1.29, 1.82) is 0 Å². The summed E-state index contributed by atoms with van der Waals surface area (Å²) < 4.78 is 57.4. The maximum absolute atomic E-state index is 10.7. The van der Waals surface area contributed by atoms with Gasteiger partial charge in [0.1, 0.15) is 0 Å². The van der Waals surface area contributed by atoms with Crippen molar-refractivity contribution in [2.45, 2.75) is 6.42 Å². The quantitative estimate of drug-likeness (QED) is 0.491. The molecular formula is C5H8O7S2. The molecular weight excluding hydrogens is 236 g/mol. The molecule has 0 unspecified atom stereocenters. The number of hydrogen-bond acceptors (Lipinski definition) is 5. The third-order valence-corrected chi connectivity index (χ3v) is 2.66. The van der Waals surface area contributed by atoms with Crippen LogP contribution in [0, 0.1) is 0 Å². The van der Waals surface area contributed by atoms with E-state index in [1.165, 1.54) is 0 Å². The van der Waals surface area contributed by atoms with E-state index in [4.69, 9.17) is 9.11 Å². The highest BCUT2D eigenvalue weighted by Gasteiger charge is 2.22. The summed E-state index contributed by atoms with van der Waals surface area (Å²) >= 11 is 0. The third kappa shape index (κ3) is 5.07. The Morgan fingerprint density at radius 2 is 1.57 bits per heavy atom. The minimum atomic E-state index is -4.88. The van der Waals surface area contributed by atoms with Gasteiger partial charge in [-0.2, -0.15) is 16.8 Å². The molecule has 0 atom stereocenters. The van der Waals surface area contributed by atoms with E-state index >= 15 is 0 Å². The Morgan fingerprint density at radius 1 is 1.14 bits per heavy atom. The Labute approximate surface area is 80.9 Å². The molecule has 0 aliphatic heterocycles. The summed E-state index contributed by atoms with van der Waals surface area (Å²) in [6.07, 6.45) is -0.558. The molecule has 0 fully saturated rings. The lowest BCUT2D eigenvalue weighted by Gasteiger charge is -1.99. The summed E-state index contributed by atoms with van der Waals surface area (Å²) in [7, 11) is -9.17. The van der Waals surface area contributed by atoms with Gasteiger partial charge in [0.25, 0.3) is 15.2 Å². The molecule has 9 heteroatoms. The molecule has 0 rings (SSSR count). The summed E-state index contributed by atoms with van der Waals surface area (Å²) in [5.41, 5.74) is -0.606. The highest BCUT2D eigenvalue weighted by atomic mass is 32.2. The van der Waals surface area contributed by atoms with Crippen molar-refractivity contribution < 1.29 is 30.7 Å². The van der Waals surface area contributed by atoms with Crippen LogP contribution in [0.15, 0.2) is 12.2 Å². The van der Waals surface area contributed by atoms with Crippen LogP contribution in [-0.4, -0.2) is 36.8 Å². The fourth-order valence-electron chi connectivity index (χ4n) is 0.537. The van der Waals surface area contributed by atoms with Gasteiger partial charge < -0.3 is 0 Å². The molecule has 0 saturated heterocycles. The molecule has 0 bridgehead atoms. The van der Waals surface area contributed by atoms with Crippen LogP contribution >= 0.6 is 0 Å². The Hall–Kier alpha value is -0.770. The van der Waals surface area contributed by atoms with E-state index < -0.39 is 43.1 Å². The summed E-state index contributed by atoms with van der Waals surface area (Å²) in [6, 6.07) is 0. The predicted molar refractivity (Wildman–Crippen MR) is 46.7 cm³/mol. The van der Waals surface area contributed by atoms with Gasteiger partial charge in [0, 0.05) is 5.57 Å². The van der Waals surface area contributed by atoms with E-state index in [1.54, 1.807) is 0 Å². The average molecular weight is 244 g/mol. The first-order valence-electron chi connectivity index (χ1n) is 3.19. The lowest BCUT2D eigenvalue weighted by Crippen LogP contribution is -2.17. The van der Waals surface area contributed by atoms with Crippen LogP contribution in [0.4, 0.5) is 0 Å². The normalized spacial score (nSPS) is 12.4. The van der Waals surface area contributed by atoms with Crippen molar-refractivity contribution >= 4 is 25.4 Å². The highest BCUT2D eigenvalue weighted by molar-refractivity contribution is 8.01. The van der Waals surface area contributed by atoms with Gasteiger partial charge in [-0.15, -0.1) is 0 Å². The summed E-state index contributed by atoms with van der Waals surface area (Å²) in [6.45, 7) is 2.96. The average Bonchev–Trinajstić information content (AvgIpc) is 1.95. The van der Waals surface area contributed by atoms with Crippen molar-refractivity contribution in [3.05, 3.63) is 12.2 Å². The number of carbonyl (C=O) groups excluding carboxylic acids is 1. The van der Waals surface area contributed by atoms with E-state index in [0.717, 1.165) is 0 Å². The maximum Gasteiger partial charge on any atom is 0.333 e. The monoisotopic (exact) mass is 244 g/mol. The molecule has 0 amide bonds. The van der Waals surface area contributed by atoms with E-state index in [2.05, 4.69) is 6.58 Å². The SMILES string of the molecule is C=C(CCS(=O)(=O)O)C(=O)S(=O)(=O)O. The second-order valence-electron chi connectivity index (χ2n) is 2.40. The zero-order valence-corrected chi connectivity index (χ0v) is 8.51. The molecule has 0 aromatic carbocycles. The Balaban J connectivity index is 4.48. The minimum absolute atomic E-state index is 0.558.